The molecule has 4 aliphatic heterocycles. The fraction of sp³-hybridized carbons (Fsp3) is 0.538. The van der Waals surface area contributed by atoms with Crippen molar-refractivity contribution in [3.05, 3.63) is 69.7 Å². The highest BCUT2D eigenvalue weighted by Crippen LogP contribution is 2.44. The van der Waals surface area contributed by atoms with Crippen molar-refractivity contribution in [1.82, 2.24) is 30.0 Å². The summed E-state index contributed by atoms with van der Waals surface area (Å²) in [5, 5.41) is 7.28. The van der Waals surface area contributed by atoms with Crippen molar-refractivity contribution in [2.75, 3.05) is 43.9 Å². The Hall–Kier alpha value is -4.75. The lowest BCUT2D eigenvalue weighted by Gasteiger charge is -2.33. The maximum atomic E-state index is 14.8. The quantitative estimate of drug-likeness (QED) is 0.168. The van der Waals surface area contributed by atoms with Gasteiger partial charge in [0.15, 0.2) is 5.69 Å². The Balaban J connectivity index is 0.00000111. The maximum Gasteiger partial charge on any atom is 0.417 e. The van der Waals surface area contributed by atoms with Gasteiger partial charge in [0.05, 0.1) is 41.7 Å². The van der Waals surface area contributed by atoms with E-state index in [9.17, 15) is 26.7 Å². The molecule has 0 radical (unpaired) electrons. The minimum absolute atomic E-state index is 0.000740. The van der Waals surface area contributed by atoms with Crippen molar-refractivity contribution >= 4 is 17.4 Å². The monoisotopic (exact) mass is 768 g/mol. The van der Waals surface area contributed by atoms with Crippen LogP contribution in [-0.4, -0.2) is 69.4 Å². The molecule has 0 bridgehead atoms. The molecule has 5 aliphatic rings. The van der Waals surface area contributed by atoms with Crippen molar-refractivity contribution in [2.24, 2.45) is 5.92 Å². The predicted molar refractivity (Wildman–Crippen MR) is 194 cm³/mol. The molecule has 1 amide bonds. The Morgan fingerprint density at radius 1 is 1.13 bits per heavy atom. The molecule has 0 spiro atoms. The molecule has 16 heteroatoms. The van der Waals surface area contributed by atoms with Gasteiger partial charge in [-0.2, -0.15) is 37.0 Å². The van der Waals surface area contributed by atoms with Gasteiger partial charge in [-0.1, -0.05) is 11.8 Å². The number of carbonyl (C=O) groups is 1. The van der Waals surface area contributed by atoms with Crippen LogP contribution < -0.4 is 20.7 Å². The maximum absolute atomic E-state index is 14.8. The summed E-state index contributed by atoms with van der Waals surface area (Å²) in [5.74, 6) is 6.25. The number of rotatable bonds is 6. The van der Waals surface area contributed by atoms with Crippen molar-refractivity contribution in [1.29, 1.82) is 0 Å². The van der Waals surface area contributed by atoms with Crippen molar-refractivity contribution < 1.29 is 36.2 Å². The third-order valence-electron chi connectivity index (χ3n) is 11.1. The summed E-state index contributed by atoms with van der Waals surface area (Å²) in [7, 11) is 1.58. The van der Waals surface area contributed by atoms with E-state index in [1.54, 1.807) is 7.05 Å². The van der Waals surface area contributed by atoms with Crippen LogP contribution in [0, 0.1) is 24.7 Å². The summed E-state index contributed by atoms with van der Waals surface area (Å²) in [6.07, 6.45) is -0.532. The Morgan fingerprint density at radius 2 is 1.85 bits per heavy atom. The van der Waals surface area contributed by atoms with Crippen LogP contribution >= 0.6 is 0 Å². The van der Waals surface area contributed by atoms with Gasteiger partial charge < -0.3 is 25.4 Å². The number of amides is 1. The molecule has 6 heterocycles. The third kappa shape index (κ3) is 8.14. The van der Waals surface area contributed by atoms with Crippen molar-refractivity contribution in [3.8, 4) is 17.9 Å². The highest BCUT2D eigenvalue weighted by molar-refractivity contribution is 5.93. The number of halogens is 5. The van der Waals surface area contributed by atoms with Gasteiger partial charge in [-0.25, -0.2) is 0 Å². The molecule has 3 aromatic rings. The molecule has 1 unspecified atom stereocenters. The number of ether oxygens (including phenoxy) is 2. The zero-order valence-electron chi connectivity index (χ0n) is 31.0. The molecule has 3 fully saturated rings. The van der Waals surface area contributed by atoms with E-state index in [2.05, 4.69) is 38.6 Å². The number of aryl methyl sites for hydroxylation is 1. The molecule has 2 saturated heterocycles. The van der Waals surface area contributed by atoms with Crippen LogP contribution in [0.5, 0.6) is 6.01 Å². The SMILES string of the molecule is C=C(F)F.CNC(=O)c1nn2c(c1C)CN(c1nc(OCC34CCCN3CCC4)nc3c1COC(c1cc(N)cc(C#CC4CC4)c1C(F)(F)F)C3)CCC2. The molecule has 1 saturated carbocycles. The topological polar surface area (TPSA) is 124 Å². The minimum Gasteiger partial charge on any atom is -0.461 e. The number of fused-ring (bicyclic) bond motifs is 3. The lowest BCUT2D eigenvalue weighted by Crippen LogP contribution is -2.43. The fourth-order valence-corrected chi connectivity index (χ4v) is 8.34. The molecular weight excluding hydrogens is 723 g/mol. The fourth-order valence-electron chi connectivity index (χ4n) is 8.34. The van der Waals surface area contributed by atoms with E-state index < -0.39 is 23.9 Å². The summed E-state index contributed by atoms with van der Waals surface area (Å²) in [6.45, 7) is 8.35. The first-order chi connectivity index (χ1) is 26.3. The van der Waals surface area contributed by atoms with Crippen LogP contribution in [0.3, 0.4) is 0 Å². The lowest BCUT2D eigenvalue weighted by atomic mass is 9.91. The number of alkyl halides is 3. The van der Waals surface area contributed by atoms with E-state index in [-0.39, 0.29) is 53.2 Å². The number of nitrogens with zero attached hydrogens (tertiary/aromatic N) is 6. The van der Waals surface area contributed by atoms with Gasteiger partial charge in [0.1, 0.15) is 12.4 Å². The van der Waals surface area contributed by atoms with Crippen molar-refractivity contribution in [3.63, 3.8) is 0 Å². The van der Waals surface area contributed by atoms with E-state index in [4.69, 9.17) is 25.2 Å². The van der Waals surface area contributed by atoms with Crippen LogP contribution in [0.15, 0.2) is 24.8 Å². The van der Waals surface area contributed by atoms with Crippen LogP contribution in [0.25, 0.3) is 0 Å². The van der Waals surface area contributed by atoms with Gasteiger partial charge >= 0.3 is 12.2 Å². The smallest absolute Gasteiger partial charge is 0.417 e. The molecule has 1 atom stereocenters. The third-order valence-corrected chi connectivity index (χ3v) is 11.1. The van der Waals surface area contributed by atoms with Gasteiger partial charge in [0.25, 0.3) is 12.0 Å². The predicted octanol–water partition coefficient (Wildman–Crippen LogP) is 6.33. The summed E-state index contributed by atoms with van der Waals surface area (Å²) >= 11 is 0. The van der Waals surface area contributed by atoms with Gasteiger partial charge in [-0.15, -0.1) is 0 Å². The summed E-state index contributed by atoms with van der Waals surface area (Å²) in [6, 6.07) is 2.87. The first-order valence-corrected chi connectivity index (χ1v) is 18.7. The largest absolute Gasteiger partial charge is 0.461 e. The van der Waals surface area contributed by atoms with Gasteiger partial charge in [-0.05, 0) is 89.2 Å². The normalized spacial score (nSPS) is 20.2. The number of nitrogens with one attached hydrogen (secondary N) is 1. The number of carbonyl (C=O) groups excluding carboxylic acids is 1. The van der Waals surface area contributed by atoms with Crippen LogP contribution in [0.4, 0.5) is 33.5 Å². The Morgan fingerprint density at radius 3 is 2.53 bits per heavy atom. The average Bonchev–Trinajstić information content (AvgIpc) is 3.72. The van der Waals surface area contributed by atoms with E-state index in [1.165, 1.54) is 12.1 Å². The number of hydrogen-bond donors (Lipinski definition) is 2. The number of nitrogen functional groups attached to an aromatic ring is 1. The number of hydrogen-bond acceptors (Lipinski definition) is 9. The molecular formula is C39H45F5N8O3. The van der Waals surface area contributed by atoms with E-state index in [1.807, 2.05) is 11.6 Å². The van der Waals surface area contributed by atoms with Crippen LogP contribution in [0.2, 0.25) is 0 Å². The molecule has 1 aromatic carbocycles. The Bertz CT molecular complexity index is 2020. The Labute approximate surface area is 316 Å². The summed E-state index contributed by atoms with van der Waals surface area (Å²) in [4.78, 5) is 27.1. The zero-order valence-corrected chi connectivity index (χ0v) is 31.0. The first-order valence-electron chi connectivity index (χ1n) is 18.7. The van der Waals surface area contributed by atoms with Crippen molar-refractivity contribution in [2.45, 2.75) is 95.8 Å². The van der Waals surface area contributed by atoms with E-state index in [0.717, 1.165) is 69.3 Å². The van der Waals surface area contributed by atoms with Gasteiger partial charge in [-0.3, -0.25) is 14.4 Å². The molecule has 3 N–H and O–H groups in total. The van der Waals surface area contributed by atoms with Gasteiger partial charge in [0.2, 0.25) is 0 Å². The van der Waals surface area contributed by atoms with Crippen LogP contribution in [-0.2, 0) is 37.0 Å². The lowest BCUT2D eigenvalue weighted by molar-refractivity contribution is -0.140. The second-order valence-corrected chi connectivity index (χ2v) is 14.9. The highest BCUT2D eigenvalue weighted by atomic mass is 19.4. The van der Waals surface area contributed by atoms with E-state index in [0.29, 0.717) is 49.0 Å². The summed E-state index contributed by atoms with van der Waals surface area (Å²) in [5.41, 5.74) is 8.74. The molecule has 2 aromatic heterocycles. The second kappa shape index (κ2) is 15.4. The standard InChI is InChI=1S/C37H43F3N8O3.C2H2F2/c1-22-29-19-46(12-5-15-48(29)45-32(22)34(49)42-2)33-27-20-50-30(26-17-25(41)16-24(9-8-23-6-7-23)31(26)37(38,39)40)18-28(27)43-35(44-33)51-21-36-10-3-13-47(36)14-4-11-36;1-2(3)4/h16-17,23,30H,3-7,10-15,18-21,41H2,1-2H3,(H,42,49);1H2. The number of anilines is 2. The summed E-state index contributed by atoms with van der Waals surface area (Å²) < 4.78 is 79.2. The molecule has 8 rings (SSSR count). The zero-order chi connectivity index (χ0) is 39.1. The molecule has 294 valence electrons. The minimum atomic E-state index is -4.67. The Kier molecular flexibility index (Phi) is 10.8. The highest BCUT2D eigenvalue weighted by Gasteiger charge is 2.45. The molecule has 55 heavy (non-hydrogen) atoms. The van der Waals surface area contributed by atoms with Gasteiger partial charge in [0, 0.05) is 54.9 Å². The molecule has 11 nitrogen and oxygen atoms in total. The number of aromatic nitrogens is 4. The first kappa shape index (κ1) is 38.5. The van der Waals surface area contributed by atoms with Crippen LogP contribution in [0.1, 0.15) is 101 Å². The number of benzene rings is 1. The molecule has 1 aliphatic carbocycles. The average molecular weight is 769 g/mol. The second-order valence-electron chi connectivity index (χ2n) is 14.9. The number of nitrogens with two attached hydrogens (primary N) is 1. The van der Waals surface area contributed by atoms with E-state index >= 15 is 0 Å².